The smallest absolute Gasteiger partial charge is 0.217 e. The molecule has 0 saturated carbocycles. The number of amides is 1. The molecule has 2 rings (SSSR count). The molecule has 0 bridgehead atoms. The van der Waals surface area contributed by atoms with Crippen molar-refractivity contribution < 1.29 is 28.5 Å². The van der Waals surface area contributed by atoms with Crippen LogP contribution in [0.5, 0.6) is 0 Å². The lowest BCUT2D eigenvalue weighted by atomic mass is 9.95. The summed E-state index contributed by atoms with van der Waals surface area (Å²) in [5.41, 5.74) is -0.451. The van der Waals surface area contributed by atoms with Gasteiger partial charge >= 0.3 is 0 Å². The number of hydrogen-bond acceptors (Lipinski definition) is 5. The van der Waals surface area contributed by atoms with E-state index in [1.54, 1.807) is 13.8 Å². The van der Waals surface area contributed by atoms with Crippen molar-refractivity contribution in [1.82, 2.24) is 10.6 Å². The normalized spacial score (nSPS) is 21.3. The van der Waals surface area contributed by atoms with Gasteiger partial charge in [-0.15, -0.1) is 12.4 Å². The molecule has 0 radical (unpaired) electrons. The molecule has 1 aromatic rings. The number of ether oxygens (including phenoxy) is 1. The van der Waals surface area contributed by atoms with Crippen LogP contribution in [-0.4, -0.2) is 59.2 Å². The zero-order valence-electron chi connectivity index (χ0n) is 17.0. The van der Waals surface area contributed by atoms with Gasteiger partial charge in [0.05, 0.1) is 23.9 Å². The fourth-order valence-electron chi connectivity index (χ4n) is 3.38. The van der Waals surface area contributed by atoms with E-state index < -0.39 is 29.4 Å². The Balaban J connectivity index is 0.00000420. The number of aliphatic hydroxyl groups is 2. The van der Waals surface area contributed by atoms with Gasteiger partial charge in [-0.1, -0.05) is 0 Å². The fraction of sp³-hybridized carbons (Fsp3) is 0.650. The van der Waals surface area contributed by atoms with E-state index in [0.29, 0.717) is 31.6 Å². The highest BCUT2D eigenvalue weighted by Gasteiger charge is 2.35. The molecule has 1 fully saturated rings. The number of benzene rings is 1. The van der Waals surface area contributed by atoms with E-state index >= 15 is 0 Å². The van der Waals surface area contributed by atoms with Gasteiger partial charge in [-0.25, -0.2) is 8.78 Å². The predicted octanol–water partition coefficient (Wildman–Crippen LogP) is 1.70. The zero-order chi connectivity index (χ0) is 20.9. The van der Waals surface area contributed by atoms with Crippen molar-refractivity contribution in [2.75, 3.05) is 13.2 Å². The van der Waals surface area contributed by atoms with Gasteiger partial charge in [0.2, 0.25) is 5.91 Å². The summed E-state index contributed by atoms with van der Waals surface area (Å²) in [5, 5.41) is 26.4. The molecule has 166 valence electrons. The van der Waals surface area contributed by atoms with E-state index in [0.717, 1.165) is 6.07 Å². The average molecular weight is 437 g/mol. The third-order valence-corrected chi connectivity index (χ3v) is 4.78. The topological polar surface area (TPSA) is 90.8 Å². The van der Waals surface area contributed by atoms with Crippen LogP contribution >= 0.6 is 12.4 Å². The highest BCUT2D eigenvalue weighted by atomic mass is 35.5. The Morgan fingerprint density at radius 2 is 1.97 bits per heavy atom. The van der Waals surface area contributed by atoms with Crippen LogP contribution in [0.15, 0.2) is 18.2 Å². The van der Waals surface area contributed by atoms with E-state index in [2.05, 4.69) is 10.6 Å². The van der Waals surface area contributed by atoms with Gasteiger partial charge in [0.1, 0.15) is 11.6 Å². The average Bonchev–Trinajstić information content (AvgIpc) is 2.99. The van der Waals surface area contributed by atoms with Gasteiger partial charge in [0.25, 0.3) is 0 Å². The third kappa shape index (κ3) is 8.92. The van der Waals surface area contributed by atoms with E-state index in [1.807, 2.05) is 0 Å². The van der Waals surface area contributed by atoms with Crippen LogP contribution in [0.2, 0.25) is 0 Å². The van der Waals surface area contributed by atoms with Crippen LogP contribution < -0.4 is 10.6 Å². The van der Waals surface area contributed by atoms with Gasteiger partial charge in [0, 0.05) is 32.2 Å². The van der Waals surface area contributed by atoms with Crippen LogP contribution in [0.4, 0.5) is 8.78 Å². The Kier molecular flexibility index (Phi) is 9.91. The predicted molar refractivity (Wildman–Crippen MR) is 108 cm³/mol. The molecule has 4 N–H and O–H groups in total. The number of nitrogens with one attached hydrogen (secondary N) is 2. The second-order valence-corrected chi connectivity index (χ2v) is 8.09. The Hall–Kier alpha value is -1.32. The molecule has 1 heterocycles. The summed E-state index contributed by atoms with van der Waals surface area (Å²) >= 11 is 0. The van der Waals surface area contributed by atoms with Crippen molar-refractivity contribution in [2.24, 2.45) is 0 Å². The second-order valence-electron chi connectivity index (χ2n) is 8.09. The maximum atomic E-state index is 13.5. The van der Waals surface area contributed by atoms with Crippen molar-refractivity contribution in [1.29, 1.82) is 0 Å². The summed E-state index contributed by atoms with van der Waals surface area (Å²) < 4.78 is 32.7. The van der Waals surface area contributed by atoms with Gasteiger partial charge in [0.15, 0.2) is 0 Å². The van der Waals surface area contributed by atoms with Crippen molar-refractivity contribution in [3.05, 3.63) is 35.4 Å². The van der Waals surface area contributed by atoms with Gasteiger partial charge in [-0.05, 0) is 50.8 Å². The number of halogens is 3. The highest BCUT2D eigenvalue weighted by Crippen LogP contribution is 2.20. The van der Waals surface area contributed by atoms with Crippen LogP contribution in [0.25, 0.3) is 0 Å². The maximum absolute atomic E-state index is 13.5. The largest absolute Gasteiger partial charge is 0.390 e. The maximum Gasteiger partial charge on any atom is 0.217 e. The Morgan fingerprint density at radius 1 is 1.34 bits per heavy atom. The molecule has 1 aliphatic heterocycles. The van der Waals surface area contributed by atoms with Crippen LogP contribution in [0, 0.1) is 11.6 Å². The van der Waals surface area contributed by atoms with Crippen molar-refractivity contribution in [2.45, 2.75) is 69.9 Å². The Labute approximate surface area is 176 Å². The number of carbonyl (C=O) groups is 1. The van der Waals surface area contributed by atoms with Crippen molar-refractivity contribution in [3.63, 3.8) is 0 Å². The SMILES string of the molecule is CC(=O)N[C@@H](Cc1cc(F)cc(F)c1)[C@@H](O)[C@H]1C[C@@H](OCCC(C)(C)O)CN1.Cl. The lowest BCUT2D eigenvalue weighted by molar-refractivity contribution is -0.120. The van der Waals surface area contributed by atoms with Gasteiger partial charge < -0.3 is 25.6 Å². The molecule has 4 atom stereocenters. The summed E-state index contributed by atoms with van der Waals surface area (Å²) in [6.07, 6.45) is 0.0409. The number of rotatable bonds is 9. The molecule has 1 saturated heterocycles. The Bertz CT molecular complexity index is 652. The molecule has 29 heavy (non-hydrogen) atoms. The van der Waals surface area contributed by atoms with E-state index in [9.17, 15) is 23.8 Å². The van der Waals surface area contributed by atoms with Gasteiger partial charge in [-0.3, -0.25) is 4.79 Å². The molecule has 6 nitrogen and oxygen atoms in total. The van der Waals surface area contributed by atoms with E-state index in [4.69, 9.17) is 4.74 Å². The second kappa shape index (κ2) is 11.2. The molecular formula is C20H31ClF2N2O4. The minimum Gasteiger partial charge on any atom is -0.390 e. The minimum atomic E-state index is -0.960. The standard InChI is InChI=1S/C20H30F2N2O4.ClH/c1-12(25)24-18(8-13-6-14(21)9-15(22)7-13)19(26)17-10-16(11-23-17)28-5-4-20(2,3)27;/h6-7,9,16-19,23,26-27H,4-5,8,10-11H2,1-3H3,(H,24,25);1H/t16-,17-,18+,19+;/m1./s1. The van der Waals surface area contributed by atoms with E-state index in [1.165, 1.54) is 19.1 Å². The van der Waals surface area contributed by atoms with E-state index in [-0.39, 0.29) is 36.9 Å². The first-order valence-corrected chi connectivity index (χ1v) is 9.51. The molecule has 1 aliphatic rings. The van der Waals surface area contributed by atoms with Crippen molar-refractivity contribution >= 4 is 18.3 Å². The summed E-state index contributed by atoms with van der Waals surface area (Å²) in [4.78, 5) is 11.6. The summed E-state index contributed by atoms with van der Waals surface area (Å²) in [6.45, 7) is 5.69. The monoisotopic (exact) mass is 436 g/mol. The molecule has 1 amide bonds. The lowest BCUT2D eigenvalue weighted by Gasteiger charge is -2.28. The third-order valence-electron chi connectivity index (χ3n) is 4.78. The number of hydrogen-bond donors (Lipinski definition) is 4. The lowest BCUT2D eigenvalue weighted by Crippen LogP contribution is -2.51. The highest BCUT2D eigenvalue weighted by molar-refractivity contribution is 5.85. The van der Waals surface area contributed by atoms with Crippen LogP contribution in [-0.2, 0) is 16.0 Å². The fourth-order valence-corrected chi connectivity index (χ4v) is 3.38. The molecule has 0 spiro atoms. The Morgan fingerprint density at radius 3 is 2.52 bits per heavy atom. The van der Waals surface area contributed by atoms with Crippen LogP contribution in [0.1, 0.15) is 39.2 Å². The zero-order valence-corrected chi connectivity index (χ0v) is 17.8. The molecule has 0 aromatic heterocycles. The number of aliphatic hydroxyl groups excluding tert-OH is 1. The molecule has 1 aromatic carbocycles. The summed E-state index contributed by atoms with van der Waals surface area (Å²) in [6, 6.07) is 2.13. The molecular weight excluding hydrogens is 406 g/mol. The quantitative estimate of drug-likeness (QED) is 0.473. The van der Waals surface area contributed by atoms with Crippen LogP contribution in [0.3, 0.4) is 0 Å². The summed E-state index contributed by atoms with van der Waals surface area (Å²) in [7, 11) is 0. The first kappa shape index (κ1) is 25.7. The first-order chi connectivity index (χ1) is 13.0. The van der Waals surface area contributed by atoms with Gasteiger partial charge in [-0.2, -0.15) is 0 Å². The molecule has 9 heteroatoms. The first-order valence-electron chi connectivity index (χ1n) is 9.51. The number of carbonyl (C=O) groups excluding carboxylic acids is 1. The molecule has 0 unspecified atom stereocenters. The van der Waals surface area contributed by atoms with Crippen molar-refractivity contribution in [3.8, 4) is 0 Å². The molecule has 0 aliphatic carbocycles. The minimum absolute atomic E-state index is 0. The summed E-state index contributed by atoms with van der Waals surface area (Å²) in [5.74, 6) is -1.74.